The van der Waals surface area contributed by atoms with E-state index in [4.69, 9.17) is 11.5 Å². The smallest absolute Gasteiger partial charge is 0.323 e. The number of primary amides is 1. The van der Waals surface area contributed by atoms with Crippen LogP contribution < -0.4 is 32.7 Å². The number of carbonyl (C=O) groups excluding carboxylic acids is 3. The Bertz CT molecular complexity index is 1820. The number of amides is 3. The Balaban J connectivity index is 0.00000451. The maximum Gasteiger partial charge on any atom is 0.323 e. The number of halogens is 1. The Kier molecular flexibility index (Phi) is 11.0. The number of rotatable bonds is 10. The van der Waals surface area contributed by atoms with Crippen LogP contribution >= 0.6 is 12.4 Å². The van der Waals surface area contributed by atoms with Gasteiger partial charge < -0.3 is 32.1 Å². The van der Waals surface area contributed by atoms with Gasteiger partial charge in [-0.25, -0.2) is 9.78 Å². The van der Waals surface area contributed by atoms with Crippen molar-refractivity contribution in [1.29, 1.82) is 0 Å². The molecule has 0 radical (unpaired) electrons. The number of fused-ring (bicyclic) bond motifs is 1. The molecular weight excluding hydrogens is 632 g/mol. The molecule has 3 amide bonds. The van der Waals surface area contributed by atoms with Gasteiger partial charge in [-0.15, -0.1) is 12.4 Å². The third-order valence-corrected chi connectivity index (χ3v) is 9.59. The molecule has 0 spiro atoms. The predicted octanol–water partition coefficient (Wildman–Crippen LogP) is 2.93. The highest BCUT2D eigenvalue weighted by Crippen LogP contribution is 2.33. The lowest BCUT2D eigenvalue weighted by Crippen LogP contribution is -2.52. The van der Waals surface area contributed by atoms with Gasteiger partial charge in [-0.1, -0.05) is 30.3 Å². The lowest BCUT2D eigenvalue weighted by Gasteiger charge is -2.35. The molecule has 1 aliphatic heterocycles. The van der Waals surface area contributed by atoms with Crippen LogP contribution in [0, 0.1) is 18.8 Å². The van der Waals surface area contributed by atoms with E-state index in [1.165, 1.54) is 4.90 Å². The van der Waals surface area contributed by atoms with E-state index in [9.17, 15) is 19.2 Å². The summed E-state index contributed by atoms with van der Waals surface area (Å²) in [5, 5.41) is 6.27. The van der Waals surface area contributed by atoms with Crippen molar-refractivity contribution in [2.24, 2.45) is 23.3 Å². The van der Waals surface area contributed by atoms with Gasteiger partial charge in [0.1, 0.15) is 11.7 Å². The number of carbonyl (C=O) groups is 3. The second kappa shape index (κ2) is 15.1. The van der Waals surface area contributed by atoms with Gasteiger partial charge in [0.15, 0.2) is 0 Å². The summed E-state index contributed by atoms with van der Waals surface area (Å²) in [4.78, 5) is 63.5. The van der Waals surface area contributed by atoms with Gasteiger partial charge >= 0.3 is 5.69 Å². The van der Waals surface area contributed by atoms with Gasteiger partial charge in [0.25, 0.3) is 5.91 Å². The van der Waals surface area contributed by atoms with Gasteiger partial charge in [0.2, 0.25) is 11.8 Å². The molecule has 2 aromatic carbocycles. The van der Waals surface area contributed by atoms with Crippen molar-refractivity contribution in [3.05, 3.63) is 82.0 Å². The van der Waals surface area contributed by atoms with E-state index in [-0.39, 0.29) is 48.3 Å². The molecule has 1 saturated heterocycles. The molecule has 12 nitrogen and oxygen atoms in total. The lowest BCUT2D eigenvalue weighted by molar-refractivity contribution is -0.127. The fourth-order valence-corrected chi connectivity index (χ4v) is 6.87. The number of imidazole rings is 1. The predicted molar refractivity (Wildman–Crippen MR) is 188 cm³/mol. The number of aryl methyl sites for hydroxylation is 1. The summed E-state index contributed by atoms with van der Waals surface area (Å²) in [6.07, 6.45) is 4.18. The molecule has 1 saturated carbocycles. The van der Waals surface area contributed by atoms with Crippen molar-refractivity contribution in [3.8, 4) is 11.1 Å². The molecule has 4 aromatic rings. The van der Waals surface area contributed by atoms with Crippen LogP contribution in [0.25, 0.3) is 22.2 Å². The van der Waals surface area contributed by atoms with Crippen molar-refractivity contribution >= 4 is 46.8 Å². The van der Waals surface area contributed by atoms with Crippen molar-refractivity contribution in [2.45, 2.75) is 57.5 Å². The second-order valence-corrected chi connectivity index (χ2v) is 12.8. The van der Waals surface area contributed by atoms with E-state index in [1.807, 2.05) is 37.3 Å². The average Bonchev–Trinajstić information content (AvgIpc) is 3.73. The van der Waals surface area contributed by atoms with Crippen LogP contribution in [0.4, 0.5) is 5.69 Å². The highest BCUT2D eigenvalue weighted by molar-refractivity contribution is 6.02. The highest BCUT2D eigenvalue weighted by Gasteiger charge is 2.36. The maximum absolute atomic E-state index is 14.2. The van der Waals surface area contributed by atoms with Crippen LogP contribution in [-0.4, -0.2) is 64.4 Å². The van der Waals surface area contributed by atoms with Gasteiger partial charge in [0, 0.05) is 41.9 Å². The summed E-state index contributed by atoms with van der Waals surface area (Å²) in [7, 11) is 0. The van der Waals surface area contributed by atoms with E-state index in [2.05, 4.69) is 25.6 Å². The first-order chi connectivity index (χ1) is 22.7. The van der Waals surface area contributed by atoms with Crippen LogP contribution in [0.3, 0.4) is 0 Å². The number of aromatic nitrogens is 3. The first-order valence-corrected chi connectivity index (χ1v) is 16.3. The number of nitrogens with zero attached hydrogens (tertiary/aromatic N) is 2. The minimum Gasteiger partial charge on any atom is -0.368 e. The molecule has 48 heavy (non-hydrogen) atoms. The molecule has 0 bridgehead atoms. The largest absolute Gasteiger partial charge is 0.368 e. The molecule has 2 aromatic heterocycles. The number of nitrogens with one attached hydrogen (secondary N) is 4. The summed E-state index contributed by atoms with van der Waals surface area (Å²) in [5.74, 6) is -0.842. The number of benzene rings is 2. The first kappa shape index (κ1) is 34.8. The number of hydrogen-bond donors (Lipinski definition) is 6. The van der Waals surface area contributed by atoms with E-state index in [1.54, 1.807) is 24.3 Å². The molecule has 2 atom stereocenters. The van der Waals surface area contributed by atoms with Gasteiger partial charge in [-0.3, -0.25) is 19.3 Å². The molecule has 6 rings (SSSR count). The van der Waals surface area contributed by atoms with Crippen LogP contribution in [0.5, 0.6) is 0 Å². The summed E-state index contributed by atoms with van der Waals surface area (Å²) >= 11 is 0. The van der Waals surface area contributed by atoms with Crippen molar-refractivity contribution in [3.63, 3.8) is 0 Å². The number of anilines is 1. The van der Waals surface area contributed by atoms with Crippen LogP contribution in [0.1, 0.15) is 53.8 Å². The zero-order valence-electron chi connectivity index (χ0n) is 27.0. The molecule has 2 aliphatic rings. The quantitative estimate of drug-likeness (QED) is 0.149. The third kappa shape index (κ3) is 7.61. The van der Waals surface area contributed by atoms with E-state index in [0.29, 0.717) is 47.7 Å². The number of hydrogen-bond acceptors (Lipinski definition) is 7. The summed E-state index contributed by atoms with van der Waals surface area (Å²) < 4.78 is 0. The van der Waals surface area contributed by atoms with E-state index in [0.717, 1.165) is 54.7 Å². The van der Waals surface area contributed by atoms with Gasteiger partial charge in [-0.05, 0) is 93.4 Å². The Hall–Kier alpha value is -4.52. The Labute approximate surface area is 284 Å². The summed E-state index contributed by atoms with van der Waals surface area (Å²) in [6, 6.07) is 15.7. The number of aromatic amines is 2. The second-order valence-electron chi connectivity index (χ2n) is 12.8. The van der Waals surface area contributed by atoms with Crippen molar-refractivity contribution in [2.75, 3.05) is 24.5 Å². The fraction of sp³-hybridized carbons (Fsp3) is 0.400. The SMILES string of the molecule is Cc1nc(C(=O)N[C@H]2CCNC2)ccc1-c1ccc(C[C@@H](C(N)=O)N(C(=O)C2CCC(CN)CC2)c2ccc3[nH]c(=O)[nH]c3c2)cc1.Cl. The van der Waals surface area contributed by atoms with Crippen LogP contribution in [0.2, 0.25) is 0 Å². The zero-order valence-corrected chi connectivity index (χ0v) is 27.8. The molecule has 2 fully saturated rings. The molecule has 13 heteroatoms. The zero-order chi connectivity index (χ0) is 33.1. The number of H-pyrrole nitrogens is 2. The molecule has 254 valence electrons. The standard InChI is InChI=1S/C35H42N8O4.ClH/c1-20-27(11-13-29(39-20)33(45)40-25-14-15-38-19-25)23-6-2-21(3-7-23)16-31(32(37)44)43(34(46)24-8-4-22(18-36)5-9-24)26-10-12-28-30(17-26)42-35(47)41-28;/h2-3,6-7,10-13,17,22,24-25,31,38H,4-5,8-9,14-16,18-19,36H2,1H3,(H2,37,44)(H,40,45)(H2,41,42,47);1H/t22?,24?,25-,31-;/m0./s1. The molecule has 1 aliphatic carbocycles. The normalized spacial score (nSPS) is 19.8. The maximum atomic E-state index is 14.2. The molecule has 8 N–H and O–H groups in total. The van der Waals surface area contributed by atoms with Crippen molar-refractivity contribution in [1.82, 2.24) is 25.6 Å². The Morgan fingerprint density at radius 3 is 2.35 bits per heavy atom. The highest BCUT2D eigenvalue weighted by atomic mass is 35.5. The van der Waals surface area contributed by atoms with Gasteiger partial charge in [-0.2, -0.15) is 0 Å². The molecular formula is C35H43ClN8O4. The number of nitrogens with two attached hydrogens (primary N) is 2. The minimum atomic E-state index is -0.958. The molecule has 3 heterocycles. The lowest BCUT2D eigenvalue weighted by atomic mass is 9.81. The van der Waals surface area contributed by atoms with Gasteiger partial charge in [0.05, 0.1) is 11.0 Å². The number of pyridine rings is 1. The Morgan fingerprint density at radius 1 is 0.979 bits per heavy atom. The Morgan fingerprint density at radius 2 is 1.71 bits per heavy atom. The summed E-state index contributed by atoms with van der Waals surface area (Å²) in [5.41, 5.74) is 16.9. The first-order valence-electron chi connectivity index (χ1n) is 16.3. The fourth-order valence-electron chi connectivity index (χ4n) is 6.87. The summed E-state index contributed by atoms with van der Waals surface area (Å²) in [6.45, 7) is 4.12. The topological polar surface area (TPSA) is 192 Å². The average molecular weight is 675 g/mol. The van der Waals surface area contributed by atoms with Crippen LogP contribution in [-0.2, 0) is 16.0 Å². The van der Waals surface area contributed by atoms with Crippen molar-refractivity contribution < 1.29 is 14.4 Å². The third-order valence-electron chi connectivity index (χ3n) is 9.59. The molecule has 0 unspecified atom stereocenters. The van der Waals surface area contributed by atoms with Crippen LogP contribution in [0.15, 0.2) is 59.4 Å². The van der Waals surface area contributed by atoms with E-state index >= 15 is 0 Å². The monoisotopic (exact) mass is 674 g/mol. The minimum absolute atomic E-state index is 0. The van der Waals surface area contributed by atoms with E-state index < -0.39 is 11.9 Å².